The van der Waals surface area contributed by atoms with Crippen molar-refractivity contribution in [2.24, 2.45) is 41.1 Å². The van der Waals surface area contributed by atoms with Crippen molar-refractivity contribution in [3.05, 3.63) is 35.2 Å². The Hall–Kier alpha value is -7.23. The van der Waals surface area contributed by atoms with Gasteiger partial charge in [0.05, 0.1) is 177 Å². The number of likely N-dealkylation sites (tertiary alicyclic amines) is 1. The number of aromatic nitrogens is 1. The van der Waals surface area contributed by atoms with Crippen LogP contribution in [0.5, 0.6) is 5.75 Å². The fourth-order valence-corrected chi connectivity index (χ4v) is 14.2. The van der Waals surface area contributed by atoms with Gasteiger partial charge in [-0.05, 0) is 30.0 Å². The smallest absolute Gasteiger partial charge is 0.246 e. The molecule has 4 aliphatic rings. The highest BCUT2D eigenvalue weighted by molar-refractivity contribution is 7.98. The van der Waals surface area contributed by atoms with Gasteiger partial charge in [0.15, 0.2) is 11.6 Å². The Labute approximate surface area is 608 Å². The maximum absolute atomic E-state index is 15.4. The summed E-state index contributed by atoms with van der Waals surface area (Å²) in [6.07, 6.45) is -4.05. The molecule has 576 valence electrons. The van der Waals surface area contributed by atoms with E-state index in [1.54, 1.807) is 27.0 Å². The van der Waals surface area contributed by atoms with E-state index in [4.69, 9.17) is 53.5 Å². The highest BCUT2D eigenvalue weighted by atomic mass is 32.2. The number of primary amides is 1. The van der Waals surface area contributed by atoms with Gasteiger partial charge in [0, 0.05) is 96.8 Å². The number of rotatable bonds is 37. The molecule has 5 heterocycles. The van der Waals surface area contributed by atoms with Crippen LogP contribution < -0.4 is 48.1 Å². The Kier molecular flexibility index (Phi) is 34.0. The third-order valence-corrected chi connectivity index (χ3v) is 20.3. The lowest BCUT2D eigenvalue weighted by molar-refractivity contribution is -0.144. The van der Waals surface area contributed by atoms with Gasteiger partial charge in [0.25, 0.3) is 0 Å². The maximum Gasteiger partial charge on any atom is 0.246 e. The van der Waals surface area contributed by atoms with Crippen LogP contribution in [0.15, 0.2) is 29.1 Å². The number of carbonyl (C=O) groups excluding carboxylic acids is 11. The molecule has 2 fully saturated rings. The molecule has 34 nitrogen and oxygen atoms in total. The molecule has 0 radical (unpaired) electrons. The van der Waals surface area contributed by atoms with Crippen LogP contribution in [0.25, 0.3) is 10.9 Å². The van der Waals surface area contributed by atoms with Gasteiger partial charge in [-0.3, -0.25) is 61.8 Å². The number of imide groups is 1. The fourth-order valence-electron chi connectivity index (χ4n) is 11.9. The summed E-state index contributed by atoms with van der Waals surface area (Å²) in [5.74, 6) is -14.7. The zero-order chi connectivity index (χ0) is 77.6. The lowest BCUT2D eigenvalue weighted by Gasteiger charge is -2.32. The predicted molar refractivity (Wildman–Crippen MR) is 372 cm³/mol. The summed E-state index contributed by atoms with van der Waals surface area (Å²) < 4.78 is 84.4. The summed E-state index contributed by atoms with van der Waals surface area (Å²) in [6.45, 7) is 8.46. The lowest BCUT2D eigenvalue weighted by atomic mass is 9.85. The van der Waals surface area contributed by atoms with Gasteiger partial charge in [0.1, 0.15) is 28.9 Å². The number of hydrogen-bond donors (Lipinski definition) is 12. The van der Waals surface area contributed by atoms with Gasteiger partial charge >= 0.3 is 0 Å². The third kappa shape index (κ3) is 26.4. The highest BCUT2D eigenvalue weighted by Gasteiger charge is 2.45. The molecule has 0 spiro atoms. The summed E-state index contributed by atoms with van der Waals surface area (Å²) in [4.78, 5) is 157. The van der Waals surface area contributed by atoms with Crippen LogP contribution in [-0.2, 0) is 109 Å². The molecular formula is C67H103N11O23S2. The number of amides is 9. The van der Waals surface area contributed by atoms with Crippen molar-refractivity contribution in [2.75, 3.05) is 150 Å². The van der Waals surface area contributed by atoms with E-state index < -0.39 is 195 Å². The monoisotopic (exact) mass is 1500 g/mol. The first-order valence-corrected chi connectivity index (χ1v) is 36.9. The van der Waals surface area contributed by atoms with Gasteiger partial charge < -0.3 is 106 Å². The quantitative estimate of drug-likeness (QED) is 0.0233. The van der Waals surface area contributed by atoms with Crippen molar-refractivity contribution >= 4 is 98.2 Å². The molecule has 1 aromatic heterocycles. The highest BCUT2D eigenvalue weighted by Crippen LogP contribution is 2.37. The zero-order valence-corrected chi connectivity index (χ0v) is 60.3. The molecule has 6 rings (SSSR count). The zero-order valence-electron chi connectivity index (χ0n) is 61.7. The third-order valence-electron chi connectivity index (χ3n) is 17.9. The number of fused-ring (bicyclic) bond motifs is 5. The first kappa shape index (κ1) is 79.9. The Morgan fingerprint density at radius 3 is 2.00 bits per heavy atom. The average Bonchev–Trinajstić information content (AvgIpc) is 1.60. The number of benzene rings is 1. The average molecular weight is 1500 g/mol. The van der Waals surface area contributed by atoms with Gasteiger partial charge in [-0.15, -0.1) is 0 Å². The van der Waals surface area contributed by atoms with Crippen LogP contribution in [0.3, 0.4) is 0 Å². The Morgan fingerprint density at radius 1 is 0.786 bits per heavy atom. The number of nitrogens with zero attached hydrogens (tertiary/aromatic N) is 2. The van der Waals surface area contributed by atoms with Crippen LogP contribution in [0.2, 0.25) is 0 Å². The second kappa shape index (κ2) is 43.9. The van der Waals surface area contributed by atoms with Crippen LogP contribution in [0.4, 0.5) is 0 Å². The number of ether oxygens (including phenoxy) is 8. The van der Waals surface area contributed by atoms with Gasteiger partial charge in [-0.25, -0.2) is 0 Å². The number of thioether (sulfide) groups is 1. The molecule has 2 aromatic rings. The number of H-pyrrole nitrogens is 1. The van der Waals surface area contributed by atoms with E-state index in [1.165, 1.54) is 30.8 Å². The summed E-state index contributed by atoms with van der Waals surface area (Å²) in [6, 6.07) is -4.43. The molecule has 14 N–H and O–H groups in total. The number of nitrogens with two attached hydrogens (primary N) is 2. The minimum absolute atomic E-state index is 0.00380. The number of hydrogen-bond acceptors (Lipinski definition) is 26. The molecule has 2 unspecified atom stereocenters. The molecule has 103 heavy (non-hydrogen) atoms. The van der Waals surface area contributed by atoms with Crippen LogP contribution in [-0.4, -0.2) is 286 Å². The van der Waals surface area contributed by atoms with Gasteiger partial charge in [-0.2, -0.15) is 11.8 Å². The number of ketones is 2. The van der Waals surface area contributed by atoms with E-state index >= 15 is 9.00 Å². The van der Waals surface area contributed by atoms with Crippen molar-refractivity contribution in [3.63, 3.8) is 0 Å². The van der Waals surface area contributed by atoms with E-state index in [-0.39, 0.29) is 102 Å². The minimum atomic E-state index is -3.02. The Balaban J connectivity index is 1.10. The summed E-state index contributed by atoms with van der Waals surface area (Å²) in [5, 5.41) is 47.5. The minimum Gasteiger partial charge on any atom is -0.496 e. The number of aliphatic hydroxyl groups is 3. The first-order valence-electron chi connectivity index (χ1n) is 36.0. The van der Waals surface area contributed by atoms with Crippen LogP contribution in [0, 0.1) is 29.6 Å². The number of nitrogens with one attached hydrogen (secondary N) is 7. The van der Waals surface area contributed by atoms with Crippen molar-refractivity contribution < 1.29 is 114 Å². The predicted octanol–water partition coefficient (Wildman–Crippen LogP) is -3.30. The number of methoxy groups -OCH3 is 1. The molecule has 12 atom stereocenters. The number of Topliss-reactive ketones (excluding diaryl/α,β-unsaturated/α-hetero) is 2. The second-order valence-corrected chi connectivity index (χ2v) is 28.1. The SMILES string of the molecule is [2H]C([2H])([2H])Oc1ccc2c3c([nH]c2c1CSCCOCCOCCOCCOCCOCCOCCOCCN/C=C(\N)CN1C(=O)CC(C)C1=O)S(=O)C[C@H]1NC(=O)CNC(=O)[C@H]([C@@H](C)CC)CC(=O)CNC(=O)[C@@H](CC(=O)[C@H]([C@@H](C)[C@@H](O)CO)NC(=O)[C@@H]2C[C@@H](O)CN2C(=O)[C@H](CC(N)=O)NC1=O)C3. The molecule has 9 amide bonds. The van der Waals surface area contributed by atoms with Crippen molar-refractivity contribution in [2.45, 2.75) is 120 Å². The fraction of sp³-hybridized carbons (Fsp3) is 0.687. The van der Waals surface area contributed by atoms with E-state index in [0.717, 1.165) is 9.80 Å². The number of carbonyl (C=O) groups is 11. The topological polar surface area (TPSA) is 486 Å². The largest absolute Gasteiger partial charge is 0.496 e. The molecule has 4 aliphatic heterocycles. The Bertz CT molecular complexity index is 3390. The summed E-state index contributed by atoms with van der Waals surface area (Å²) >= 11 is 1.28. The van der Waals surface area contributed by atoms with E-state index in [2.05, 4.69) is 36.9 Å². The number of aliphatic hydroxyl groups excluding tert-OH is 3. The maximum atomic E-state index is 15.4. The molecular weight excluding hydrogens is 1390 g/mol. The normalized spacial score (nSPS) is 24.6. The second-order valence-electron chi connectivity index (χ2n) is 25.5. The lowest BCUT2D eigenvalue weighted by Crippen LogP contribution is -2.60. The van der Waals surface area contributed by atoms with Crippen LogP contribution in [0.1, 0.15) is 81.5 Å². The summed E-state index contributed by atoms with van der Waals surface area (Å²) in [5.41, 5.74) is 12.3. The van der Waals surface area contributed by atoms with Crippen molar-refractivity contribution in [1.29, 1.82) is 0 Å². The molecule has 1 aromatic carbocycles. The number of aromatic amines is 1. The van der Waals surface area contributed by atoms with E-state index in [1.807, 2.05) is 0 Å². The van der Waals surface area contributed by atoms with Crippen LogP contribution >= 0.6 is 11.8 Å². The molecule has 2 bridgehead atoms. The van der Waals surface area contributed by atoms with Crippen molar-refractivity contribution in [1.82, 2.24) is 46.7 Å². The molecule has 36 heteroatoms. The molecule has 0 saturated carbocycles. The first-order chi connectivity index (χ1) is 50.5. The molecule has 0 aliphatic carbocycles. The Morgan fingerprint density at radius 2 is 1.41 bits per heavy atom. The molecule has 2 saturated heterocycles. The van der Waals surface area contributed by atoms with Gasteiger partial charge in [0.2, 0.25) is 53.2 Å². The van der Waals surface area contributed by atoms with Crippen molar-refractivity contribution in [3.8, 4) is 5.75 Å². The summed E-state index contributed by atoms with van der Waals surface area (Å²) in [7, 11) is -5.56. The van der Waals surface area contributed by atoms with Gasteiger partial charge in [-0.1, -0.05) is 34.1 Å². The van der Waals surface area contributed by atoms with E-state index in [9.17, 15) is 63.3 Å². The van der Waals surface area contributed by atoms with E-state index in [0.29, 0.717) is 83.9 Å². The standard InChI is InChI=1S/C67H103N11O23S2/c1-6-39(2)47-28-44(80)32-71-61(87)42-26-48-46-7-8-55(94-5)49(37-102-24-23-101-22-21-100-20-19-99-18-17-98-16-15-97-14-13-96-12-11-95-10-9-70-31-43(68)34-78-58(86)25-40(3)66(78)91)60(46)76-65(48)103(93)38-51(73-57(85)33-72-62(47)88)63(89)74-50(30-56(69)84)67(92)77-35-45(81)29-52(77)64(90)75-59(53(82)27-42)41(4)54(83)36-79/h7-8,31,39-42,45,47,50-52,54,59,70,76,79,81,83H,6,9-30,32-38,68H2,1-5H3,(H2,69,84)(H,71,87)(H,72,88)(H,73,85)(H,74,89)(H,75,90)/b43-31-/t39-,40?,41-,42+,45+,47-,50-,51+,52-,54-,59-,103?/m0/s1/i5D3.